The summed E-state index contributed by atoms with van der Waals surface area (Å²) in [6.45, 7) is 4.85. The van der Waals surface area contributed by atoms with Gasteiger partial charge in [0, 0.05) is 11.8 Å². The third kappa shape index (κ3) is 4.70. The van der Waals surface area contributed by atoms with E-state index in [-0.39, 0.29) is 0 Å². The average Bonchev–Trinajstić information content (AvgIpc) is 2.53. The molecule has 0 bridgehead atoms. The fraction of sp³-hybridized carbons (Fsp3) is 0.722. The van der Waals surface area contributed by atoms with Crippen LogP contribution in [0.1, 0.15) is 70.5 Å². The number of ether oxygens (including phenoxy) is 1. The highest BCUT2D eigenvalue weighted by Crippen LogP contribution is 2.38. The monoisotopic (exact) mass is 291 g/mol. The zero-order valence-electron chi connectivity index (χ0n) is 13.4. The van der Waals surface area contributed by atoms with Crippen LogP contribution in [0.15, 0.2) is 18.5 Å². The molecule has 1 heterocycles. The van der Waals surface area contributed by atoms with E-state index in [4.69, 9.17) is 4.74 Å². The molecule has 0 amide bonds. The van der Waals surface area contributed by atoms with Crippen LogP contribution in [0, 0.1) is 11.8 Å². The maximum atomic E-state index is 10.6. The highest BCUT2D eigenvalue weighted by Gasteiger charge is 2.27. The minimum absolute atomic E-state index is 0.376. The van der Waals surface area contributed by atoms with Gasteiger partial charge in [0.1, 0.15) is 5.75 Å². The summed E-state index contributed by atoms with van der Waals surface area (Å²) in [7, 11) is 0. The minimum atomic E-state index is -0.398. The second kappa shape index (κ2) is 8.38. The van der Waals surface area contributed by atoms with Crippen molar-refractivity contribution in [3.8, 4) is 5.75 Å². The van der Waals surface area contributed by atoms with E-state index >= 15 is 0 Å². The predicted octanol–water partition coefficient (Wildman–Crippen LogP) is 4.51. The summed E-state index contributed by atoms with van der Waals surface area (Å²) in [6.07, 6.45) is 11.9. The number of unbranched alkanes of at least 4 members (excludes halogenated alkanes) is 1. The van der Waals surface area contributed by atoms with Crippen molar-refractivity contribution in [1.82, 2.24) is 4.98 Å². The van der Waals surface area contributed by atoms with E-state index < -0.39 is 6.10 Å². The summed E-state index contributed by atoms with van der Waals surface area (Å²) in [5.74, 6) is 2.01. The van der Waals surface area contributed by atoms with Gasteiger partial charge in [0.2, 0.25) is 0 Å². The van der Waals surface area contributed by atoms with Gasteiger partial charge in [-0.1, -0.05) is 39.0 Å². The number of aliphatic hydroxyl groups excluding tert-OH is 1. The van der Waals surface area contributed by atoms with Crippen LogP contribution in [0.3, 0.4) is 0 Å². The normalized spacial score (nSPS) is 23.8. The van der Waals surface area contributed by atoms with Crippen molar-refractivity contribution < 1.29 is 9.84 Å². The molecule has 0 aliphatic heterocycles. The molecule has 1 unspecified atom stereocenters. The molecule has 1 N–H and O–H groups in total. The highest BCUT2D eigenvalue weighted by atomic mass is 16.5. The molecule has 0 radical (unpaired) electrons. The molecule has 0 aromatic carbocycles. The molecule has 1 aromatic heterocycles. The lowest BCUT2D eigenvalue weighted by atomic mass is 9.76. The zero-order chi connectivity index (χ0) is 15.1. The van der Waals surface area contributed by atoms with E-state index in [0.29, 0.717) is 12.5 Å². The maximum Gasteiger partial charge on any atom is 0.137 e. The van der Waals surface area contributed by atoms with Crippen LogP contribution in [-0.2, 0) is 0 Å². The molecule has 1 aromatic rings. The Labute approximate surface area is 128 Å². The molecule has 3 nitrogen and oxygen atoms in total. The first-order valence-corrected chi connectivity index (χ1v) is 8.50. The van der Waals surface area contributed by atoms with Gasteiger partial charge in [0.15, 0.2) is 0 Å². The lowest BCUT2D eigenvalue weighted by molar-refractivity contribution is 0.0715. The first-order valence-electron chi connectivity index (χ1n) is 8.50. The standard InChI is InChI=1S/C18H29NO2/c1-3-5-6-14-7-9-15(10-8-14)18(20)16-11-17(21-4-2)13-19-12-16/h11-15,18,20H,3-10H2,1-2H3. The van der Waals surface area contributed by atoms with Crippen molar-refractivity contribution >= 4 is 0 Å². The molecular weight excluding hydrogens is 262 g/mol. The van der Waals surface area contributed by atoms with E-state index in [0.717, 1.165) is 30.1 Å². The van der Waals surface area contributed by atoms with Gasteiger partial charge in [0.25, 0.3) is 0 Å². The van der Waals surface area contributed by atoms with Crippen LogP contribution < -0.4 is 4.74 Å². The first kappa shape index (κ1) is 16.3. The Morgan fingerprint density at radius 3 is 2.67 bits per heavy atom. The molecule has 21 heavy (non-hydrogen) atoms. The molecule has 1 atom stereocenters. The summed E-state index contributed by atoms with van der Waals surface area (Å²) < 4.78 is 5.47. The third-order valence-corrected chi connectivity index (χ3v) is 4.69. The summed E-state index contributed by atoms with van der Waals surface area (Å²) in [5.41, 5.74) is 0.901. The predicted molar refractivity (Wildman–Crippen MR) is 85.3 cm³/mol. The van der Waals surface area contributed by atoms with Crippen molar-refractivity contribution in [2.24, 2.45) is 11.8 Å². The number of hydrogen-bond donors (Lipinski definition) is 1. The molecule has 1 fully saturated rings. The van der Waals surface area contributed by atoms with Crippen LogP contribution >= 0.6 is 0 Å². The quantitative estimate of drug-likeness (QED) is 0.803. The summed E-state index contributed by atoms with van der Waals surface area (Å²) in [4.78, 5) is 4.19. The van der Waals surface area contributed by atoms with Crippen molar-refractivity contribution in [1.29, 1.82) is 0 Å². The number of nitrogens with zero attached hydrogens (tertiary/aromatic N) is 1. The zero-order valence-corrected chi connectivity index (χ0v) is 13.4. The molecular formula is C18H29NO2. The average molecular weight is 291 g/mol. The fourth-order valence-corrected chi connectivity index (χ4v) is 3.40. The summed E-state index contributed by atoms with van der Waals surface area (Å²) in [6, 6.07) is 1.93. The Hall–Kier alpha value is -1.09. The largest absolute Gasteiger partial charge is 0.492 e. The molecule has 1 saturated carbocycles. The third-order valence-electron chi connectivity index (χ3n) is 4.69. The molecule has 0 saturated heterocycles. The van der Waals surface area contributed by atoms with Crippen LogP contribution in [0.4, 0.5) is 0 Å². The molecule has 1 aliphatic rings. The molecule has 1 aliphatic carbocycles. The van der Waals surface area contributed by atoms with E-state index in [1.807, 2.05) is 13.0 Å². The maximum absolute atomic E-state index is 10.6. The minimum Gasteiger partial charge on any atom is -0.492 e. The van der Waals surface area contributed by atoms with Crippen LogP contribution in [-0.4, -0.2) is 16.7 Å². The molecule has 0 spiro atoms. The SMILES string of the molecule is CCCCC1CCC(C(O)c2cncc(OCC)c2)CC1. The van der Waals surface area contributed by atoms with Gasteiger partial charge in [-0.05, 0) is 37.7 Å². The number of rotatable bonds is 7. The Kier molecular flexibility index (Phi) is 6.50. The number of aromatic nitrogens is 1. The van der Waals surface area contributed by atoms with Crippen LogP contribution in [0.2, 0.25) is 0 Å². The Morgan fingerprint density at radius 1 is 1.24 bits per heavy atom. The van der Waals surface area contributed by atoms with Crippen LogP contribution in [0.25, 0.3) is 0 Å². The van der Waals surface area contributed by atoms with E-state index in [1.165, 1.54) is 32.1 Å². The van der Waals surface area contributed by atoms with E-state index in [2.05, 4.69) is 11.9 Å². The first-order chi connectivity index (χ1) is 10.2. The van der Waals surface area contributed by atoms with Crippen molar-refractivity contribution in [3.63, 3.8) is 0 Å². The summed E-state index contributed by atoms with van der Waals surface area (Å²) in [5, 5.41) is 10.6. The Balaban J connectivity index is 1.89. The summed E-state index contributed by atoms with van der Waals surface area (Å²) >= 11 is 0. The molecule has 3 heteroatoms. The van der Waals surface area contributed by atoms with Gasteiger partial charge in [-0.3, -0.25) is 4.98 Å². The smallest absolute Gasteiger partial charge is 0.137 e. The number of hydrogen-bond acceptors (Lipinski definition) is 3. The van der Waals surface area contributed by atoms with E-state index in [9.17, 15) is 5.11 Å². The molecule has 118 valence electrons. The van der Waals surface area contributed by atoms with Crippen LogP contribution in [0.5, 0.6) is 5.75 Å². The van der Waals surface area contributed by atoms with Gasteiger partial charge in [0.05, 0.1) is 18.9 Å². The van der Waals surface area contributed by atoms with Crippen molar-refractivity contribution in [3.05, 3.63) is 24.0 Å². The van der Waals surface area contributed by atoms with Gasteiger partial charge < -0.3 is 9.84 Å². The fourth-order valence-electron chi connectivity index (χ4n) is 3.40. The van der Waals surface area contributed by atoms with E-state index in [1.54, 1.807) is 12.4 Å². The lowest BCUT2D eigenvalue weighted by Gasteiger charge is -2.31. The second-order valence-electron chi connectivity index (χ2n) is 6.25. The van der Waals surface area contributed by atoms with Gasteiger partial charge in [-0.15, -0.1) is 0 Å². The topological polar surface area (TPSA) is 42.4 Å². The second-order valence-corrected chi connectivity index (χ2v) is 6.25. The van der Waals surface area contributed by atoms with Gasteiger partial charge in [-0.25, -0.2) is 0 Å². The number of pyridine rings is 1. The number of aliphatic hydroxyl groups is 1. The van der Waals surface area contributed by atoms with Gasteiger partial charge >= 0.3 is 0 Å². The Bertz CT molecular complexity index is 413. The highest BCUT2D eigenvalue weighted by molar-refractivity contribution is 5.25. The van der Waals surface area contributed by atoms with Crippen molar-refractivity contribution in [2.75, 3.05) is 6.61 Å². The molecule has 2 rings (SSSR count). The Morgan fingerprint density at radius 2 is 2.00 bits per heavy atom. The van der Waals surface area contributed by atoms with Crippen molar-refractivity contribution in [2.45, 2.75) is 64.9 Å². The van der Waals surface area contributed by atoms with Gasteiger partial charge in [-0.2, -0.15) is 0 Å². The lowest BCUT2D eigenvalue weighted by Crippen LogP contribution is -2.20.